The minimum absolute atomic E-state index is 0.0162. The number of oxime groups is 1. The normalized spacial score (nSPS) is 23.9. The number of carbonyl (C=O) groups excluding carboxylic acids is 5. The molecule has 4 amide bonds. The Labute approximate surface area is 299 Å². The largest absolute Gasteiger partial charge is 0.460 e. The number of aliphatic hydroxyl groups excluding tert-OH is 1. The van der Waals surface area contributed by atoms with Crippen LogP contribution in [0.2, 0.25) is 0 Å². The highest BCUT2D eigenvalue weighted by molar-refractivity contribution is 6.39. The van der Waals surface area contributed by atoms with Gasteiger partial charge in [0.1, 0.15) is 17.9 Å². The topological polar surface area (TPSA) is 185 Å². The Hall–Kier alpha value is -3.26. The summed E-state index contributed by atoms with van der Waals surface area (Å²) in [6.07, 6.45) is 4.77. The Kier molecular flexibility index (Phi) is 19.0. The van der Waals surface area contributed by atoms with E-state index in [4.69, 9.17) is 19.4 Å². The van der Waals surface area contributed by atoms with Gasteiger partial charge in [-0.05, 0) is 31.6 Å². The van der Waals surface area contributed by atoms with Gasteiger partial charge in [0.2, 0.25) is 17.7 Å². The van der Waals surface area contributed by atoms with Crippen LogP contribution in [-0.4, -0.2) is 109 Å². The molecule has 3 fully saturated rings. The van der Waals surface area contributed by atoms with E-state index >= 15 is 0 Å². The van der Waals surface area contributed by atoms with Crippen molar-refractivity contribution in [3.63, 3.8) is 0 Å². The summed E-state index contributed by atoms with van der Waals surface area (Å²) in [5.41, 5.74) is -0.952. The molecule has 4 N–H and O–H groups in total. The lowest BCUT2D eigenvalue weighted by Gasteiger charge is -2.33. The molecule has 4 rings (SSSR count). The molecule has 14 nitrogen and oxygen atoms in total. The summed E-state index contributed by atoms with van der Waals surface area (Å²) < 4.78 is 9.83. The first-order valence-corrected chi connectivity index (χ1v) is 18.2. The van der Waals surface area contributed by atoms with Crippen molar-refractivity contribution in [1.82, 2.24) is 20.9 Å². The lowest BCUT2D eigenvalue weighted by molar-refractivity contribution is -0.146. The number of rotatable bonds is 11. The molecule has 0 radical (unpaired) electrons. The number of hydrogen-bond donors (Lipinski definition) is 4. The molecule has 3 aliphatic heterocycles. The molecule has 1 spiro atoms. The van der Waals surface area contributed by atoms with Gasteiger partial charge >= 0.3 is 5.97 Å². The number of likely N-dealkylation sites (tertiary alicyclic amines) is 1. The molecule has 288 valence electrons. The zero-order valence-corrected chi connectivity index (χ0v) is 32.3. The van der Waals surface area contributed by atoms with E-state index in [9.17, 15) is 24.0 Å². The van der Waals surface area contributed by atoms with E-state index in [0.717, 1.165) is 39.4 Å². The van der Waals surface area contributed by atoms with Crippen molar-refractivity contribution in [2.45, 2.75) is 144 Å². The van der Waals surface area contributed by atoms with Crippen LogP contribution >= 0.6 is 0 Å². The summed E-state index contributed by atoms with van der Waals surface area (Å²) >= 11 is 0. The molecule has 3 unspecified atom stereocenters. The fourth-order valence-corrected chi connectivity index (χ4v) is 5.75. The fourth-order valence-electron chi connectivity index (χ4n) is 5.75. The molecule has 2 saturated heterocycles. The van der Waals surface area contributed by atoms with E-state index in [0.29, 0.717) is 19.6 Å². The summed E-state index contributed by atoms with van der Waals surface area (Å²) in [4.78, 5) is 70.2. The van der Waals surface area contributed by atoms with Gasteiger partial charge in [-0.1, -0.05) is 67.0 Å². The Bertz CT molecular complexity index is 1150. The maximum Gasteiger partial charge on any atom is 0.302 e. The van der Waals surface area contributed by atoms with Crippen LogP contribution in [-0.2, 0) is 38.3 Å². The summed E-state index contributed by atoms with van der Waals surface area (Å²) in [6.45, 7) is 20.9. The van der Waals surface area contributed by atoms with Crippen LogP contribution in [0.25, 0.3) is 0 Å². The molecule has 1 aliphatic carbocycles. The van der Waals surface area contributed by atoms with Gasteiger partial charge < -0.3 is 40.3 Å². The highest BCUT2D eigenvalue weighted by Crippen LogP contribution is 2.40. The summed E-state index contributed by atoms with van der Waals surface area (Å²) in [6, 6.07) is -0.885. The van der Waals surface area contributed by atoms with Crippen LogP contribution in [0.3, 0.4) is 0 Å². The first kappa shape index (κ1) is 44.8. The second-order valence-corrected chi connectivity index (χ2v) is 14.2. The van der Waals surface area contributed by atoms with E-state index in [1.807, 2.05) is 62.3 Å². The van der Waals surface area contributed by atoms with Gasteiger partial charge in [0.25, 0.3) is 5.91 Å². The Morgan fingerprint density at radius 1 is 1.08 bits per heavy atom. The van der Waals surface area contributed by atoms with Gasteiger partial charge in [-0.3, -0.25) is 24.0 Å². The van der Waals surface area contributed by atoms with Gasteiger partial charge in [-0.25, -0.2) is 0 Å². The first-order valence-electron chi connectivity index (χ1n) is 18.2. The SMILES string of the molecule is CC.CC(=O)O[C@H]1CCOC1.CCC[C@H](NC(=O)[C@@H]1CC2(CC(C(=O)NCC)=NO2)CN1C(=O)C(C)C(C)(C)C)C(C)C(=O)NC1CC1.CO. The number of nitrogens with zero attached hydrogens (tertiary/aromatic N) is 2. The molecule has 50 heavy (non-hydrogen) atoms. The molecule has 0 aromatic heterocycles. The number of nitrogens with one attached hydrogen (secondary N) is 3. The van der Waals surface area contributed by atoms with E-state index in [-0.39, 0.29) is 84.2 Å². The molecule has 1 saturated carbocycles. The molecule has 0 aromatic carbocycles. The third-order valence-corrected chi connectivity index (χ3v) is 9.18. The number of aliphatic hydroxyl groups is 1. The third kappa shape index (κ3) is 13.5. The number of carbonyl (C=O) groups is 5. The molecule has 4 aliphatic rings. The Morgan fingerprint density at radius 2 is 1.72 bits per heavy atom. The van der Waals surface area contributed by atoms with E-state index in [1.165, 1.54) is 6.92 Å². The molecule has 0 bridgehead atoms. The van der Waals surface area contributed by atoms with Crippen LogP contribution in [0, 0.1) is 17.3 Å². The zero-order chi connectivity index (χ0) is 38.2. The van der Waals surface area contributed by atoms with Gasteiger partial charge in [0.15, 0.2) is 5.60 Å². The van der Waals surface area contributed by atoms with Gasteiger partial charge in [-0.15, -0.1) is 0 Å². The van der Waals surface area contributed by atoms with Crippen LogP contribution in [0.4, 0.5) is 0 Å². The monoisotopic (exact) mass is 711 g/mol. The fraction of sp³-hybridized carbons (Fsp3) is 0.833. The number of amides is 4. The van der Waals surface area contributed by atoms with Crippen LogP contribution < -0.4 is 16.0 Å². The molecule has 14 heteroatoms. The number of ether oxygens (including phenoxy) is 2. The average molecular weight is 712 g/mol. The summed E-state index contributed by atoms with van der Waals surface area (Å²) in [5.74, 6) is -1.74. The molecular weight excluding hydrogens is 646 g/mol. The summed E-state index contributed by atoms with van der Waals surface area (Å²) in [5, 5.41) is 19.9. The van der Waals surface area contributed by atoms with Crippen LogP contribution in [0.5, 0.6) is 0 Å². The van der Waals surface area contributed by atoms with Crippen molar-refractivity contribution in [2.24, 2.45) is 22.4 Å². The van der Waals surface area contributed by atoms with Crippen molar-refractivity contribution in [2.75, 3.05) is 33.4 Å². The van der Waals surface area contributed by atoms with E-state index < -0.39 is 17.6 Å². The smallest absolute Gasteiger partial charge is 0.302 e. The van der Waals surface area contributed by atoms with Crippen molar-refractivity contribution >= 4 is 35.3 Å². The minimum atomic E-state index is -0.926. The van der Waals surface area contributed by atoms with Crippen molar-refractivity contribution in [1.29, 1.82) is 0 Å². The van der Waals surface area contributed by atoms with E-state index in [1.54, 1.807) is 4.90 Å². The van der Waals surface area contributed by atoms with Crippen LogP contribution in [0.15, 0.2) is 5.16 Å². The lowest BCUT2D eigenvalue weighted by atomic mass is 9.81. The predicted octanol–water partition coefficient (Wildman–Crippen LogP) is 3.09. The molecular formula is C36H65N5O9. The first-order chi connectivity index (χ1) is 23.6. The van der Waals surface area contributed by atoms with Gasteiger partial charge in [0.05, 0.1) is 25.7 Å². The van der Waals surface area contributed by atoms with Gasteiger partial charge in [-0.2, -0.15) is 0 Å². The molecule has 6 atom stereocenters. The summed E-state index contributed by atoms with van der Waals surface area (Å²) in [7, 11) is 1.00. The standard InChI is InChI=1S/C27H45N5O5.C6H10O3.C2H6.CH4O/c1-8-10-19(16(3)22(33)29-18-11-12-18)30-24(35)21-14-27(13-20(31-37-27)23(34)28-9-2)15-32(21)25(36)17(4)26(5,6)7;1-5(7)9-6-2-3-8-4-6;2*1-2/h16-19,21H,8-15H2,1-7H3,(H,28,34)(H,29,33)(H,30,35);6H,2-4H2,1H3;1-2H3;2H,1H3/t16?,17?,19-,21-,27?;6-;;/m00../s1. The average Bonchev–Trinajstić information content (AvgIpc) is 3.41. The molecule has 0 aromatic rings. The molecule has 3 heterocycles. The second-order valence-electron chi connectivity index (χ2n) is 14.2. The second kappa shape index (κ2) is 21.2. The number of hydrogen-bond acceptors (Lipinski definition) is 10. The quantitative estimate of drug-likeness (QED) is 0.234. The maximum atomic E-state index is 13.7. The highest BCUT2D eigenvalue weighted by atomic mass is 16.7. The Balaban J connectivity index is 0.000000815. The zero-order valence-electron chi connectivity index (χ0n) is 32.3. The van der Waals surface area contributed by atoms with Crippen molar-refractivity contribution < 1.29 is 43.4 Å². The van der Waals surface area contributed by atoms with Crippen molar-refractivity contribution in [3.05, 3.63) is 0 Å². The number of esters is 1. The predicted molar refractivity (Wildman–Crippen MR) is 191 cm³/mol. The third-order valence-electron chi connectivity index (χ3n) is 9.18. The van der Waals surface area contributed by atoms with E-state index in [2.05, 4.69) is 21.1 Å². The van der Waals surface area contributed by atoms with Crippen molar-refractivity contribution in [3.8, 4) is 0 Å². The lowest BCUT2D eigenvalue weighted by Crippen LogP contribution is -2.53. The Morgan fingerprint density at radius 3 is 2.22 bits per heavy atom. The van der Waals surface area contributed by atoms with Crippen LogP contribution in [0.1, 0.15) is 114 Å². The maximum absolute atomic E-state index is 13.7. The highest BCUT2D eigenvalue weighted by Gasteiger charge is 2.55. The van der Waals surface area contributed by atoms with Gasteiger partial charge in [0, 0.05) is 57.8 Å². The minimum Gasteiger partial charge on any atom is -0.460 e.